The zero-order valence-electron chi connectivity index (χ0n) is 10.3. The fraction of sp³-hybridized carbons (Fsp3) is 0.571. The topological polar surface area (TPSA) is 23.5 Å². The van der Waals surface area contributed by atoms with Crippen LogP contribution in [0.1, 0.15) is 31.2 Å². The van der Waals surface area contributed by atoms with E-state index in [9.17, 15) is 9.50 Å². The Hall–Kier alpha value is -0.930. The number of halogens is 1. The first-order valence-electron chi connectivity index (χ1n) is 6.29. The second-order valence-electron chi connectivity index (χ2n) is 4.96. The molecule has 0 radical (unpaired) electrons. The quantitative estimate of drug-likeness (QED) is 0.873. The number of rotatable bonds is 3. The molecule has 3 heteroatoms. The molecule has 1 fully saturated rings. The molecule has 1 saturated carbocycles. The first-order valence-corrected chi connectivity index (χ1v) is 6.29. The molecule has 1 aromatic rings. The van der Waals surface area contributed by atoms with Gasteiger partial charge < -0.3 is 5.11 Å². The molecule has 0 unspecified atom stereocenters. The minimum atomic E-state index is -0.234. The molecule has 0 amide bonds. The number of benzene rings is 1. The first-order chi connectivity index (χ1) is 8.16. The van der Waals surface area contributed by atoms with Crippen LogP contribution >= 0.6 is 0 Å². The van der Waals surface area contributed by atoms with Crippen molar-refractivity contribution in [2.45, 2.75) is 44.4 Å². The highest BCUT2D eigenvalue weighted by atomic mass is 19.1. The third-order valence-electron chi connectivity index (χ3n) is 3.58. The molecule has 0 saturated heterocycles. The summed E-state index contributed by atoms with van der Waals surface area (Å²) < 4.78 is 13.1. The summed E-state index contributed by atoms with van der Waals surface area (Å²) in [5.41, 5.74) is 0.963. The fourth-order valence-corrected chi connectivity index (χ4v) is 2.65. The third-order valence-corrected chi connectivity index (χ3v) is 3.58. The molecule has 2 nitrogen and oxygen atoms in total. The van der Waals surface area contributed by atoms with E-state index in [0.29, 0.717) is 6.54 Å². The van der Waals surface area contributed by atoms with Crippen LogP contribution in [0.15, 0.2) is 24.3 Å². The maximum atomic E-state index is 13.1. The predicted molar refractivity (Wildman–Crippen MR) is 66.1 cm³/mol. The van der Waals surface area contributed by atoms with E-state index in [2.05, 4.69) is 4.90 Å². The Labute approximate surface area is 102 Å². The van der Waals surface area contributed by atoms with Crippen LogP contribution < -0.4 is 0 Å². The number of likely N-dealkylation sites (N-methyl/N-ethyl adjacent to an activating group) is 1. The highest BCUT2D eigenvalue weighted by molar-refractivity contribution is 5.16. The summed E-state index contributed by atoms with van der Waals surface area (Å²) in [5, 5.41) is 9.96. The van der Waals surface area contributed by atoms with Gasteiger partial charge >= 0.3 is 0 Å². The molecule has 0 aromatic heterocycles. The molecule has 2 atom stereocenters. The van der Waals surface area contributed by atoms with Crippen LogP contribution in [-0.2, 0) is 6.54 Å². The van der Waals surface area contributed by atoms with Gasteiger partial charge in [-0.15, -0.1) is 0 Å². The monoisotopic (exact) mass is 237 g/mol. The van der Waals surface area contributed by atoms with Gasteiger partial charge in [0.1, 0.15) is 5.82 Å². The number of hydrogen-bond acceptors (Lipinski definition) is 2. The number of aliphatic hydroxyl groups excluding tert-OH is 1. The van der Waals surface area contributed by atoms with Crippen molar-refractivity contribution < 1.29 is 9.50 Å². The van der Waals surface area contributed by atoms with Gasteiger partial charge in [-0.2, -0.15) is 0 Å². The molecule has 94 valence electrons. The third kappa shape index (κ3) is 3.27. The van der Waals surface area contributed by atoms with Crippen molar-refractivity contribution in [3.8, 4) is 0 Å². The standard InChI is InChI=1S/C14H20FNO/c1-16(13-7-2-3-8-14(13)17)10-11-5-4-6-12(15)9-11/h4-6,9,13-14,17H,2-3,7-8,10H2,1H3/t13-,14-/m1/s1. The molecule has 2 rings (SSSR count). The largest absolute Gasteiger partial charge is 0.391 e. The summed E-state index contributed by atoms with van der Waals surface area (Å²) >= 11 is 0. The molecule has 0 bridgehead atoms. The summed E-state index contributed by atoms with van der Waals surface area (Å²) in [6, 6.07) is 6.89. The molecular weight excluding hydrogens is 217 g/mol. The van der Waals surface area contributed by atoms with Gasteiger partial charge in [0.25, 0.3) is 0 Å². The van der Waals surface area contributed by atoms with E-state index in [1.807, 2.05) is 13.1 Å². The highest BCUT2D eigenvalue weighted by Gasteiger charge is 2.26. The Bertz CT molecular complexity index is 369. The SMILES string of the molecule is CN(Cc1cccc(F)c1)[C@@H]1CCCC[C@H]1O. The summed E-state index contributed by atoms with van der Waals surface area (Å²) in [5.74, 6) is -0.194. The van der Waals surface area contributed by atoms with E-state index in [4.69, 9.17) is 0 Å². The van der Waals surface area contributed by atoms with Crippen molar-refractivity contribution in [1.29, 1.82) is 0 Å². The molecule has 0 spiro atoms. The second kappa shape index (κ2) is 5.61. The van der Waals surface area contributed by atoms with Gasteiger partial charge in [0.2, 0.25) is 0 Å². The Morgan fingerprint density at radius 2 is 2.12 bits per heavy atom. The van der Waals surface area contributed by atoms with Crippen LogP contribution in [0.25, 0.3) is 0 Å². The van der Waals surface area contributed by atoms with Gasteiger partial charge in [-0.1, -0.05) is 25.0 Å². The summed E-state index contributed by atoms with van der Waals surface area (Å²) in [6.07, 6.45) is 3.98. The smallest absolute Gasteiger partial charge is 0.123 e. The lowest BCUT2D eigenvalue weighted by Gasteiger charge is -2.35. The molecule has 1 aliphatic carbocycles. The number of hydrogen-bond donors (Lipinski definition) is 1. The van der Waals surface area contributed by atoms with Gasteiger partial charge in [0.05, 0.1) is 6.10 Å². The molecule has 1 N–H and O–H groups in total. The van der Waals surface area contributed by atoms with E-state index in [1.165, 1.54) is 12.5 Å². The lowest BCUT2D eigenvalue weighted by molar-refractivity contribution is 0.0288. The Balaban J connectivity index is 1.98. The van der Waals surface area contributed by atoms with E-state index in [1.54, 1.807) is 12.1 Å². The van der Waals surface area contributed by atoms with Crippen LogP contribution in [0.3, 0.4) is 0 Å². The zero-order chi connectivity index (χ0) is 12.3. The normalized spacial score (nSPS) is 25.2. The van der Waals surface area contributed by atoms with Crippen molar-refractivity contribution in [3.63, 3.8) is 0 Å². The second-order valence-corrected chi connectivity index (χ2v) is 4.96. The Morgan fingerprint density at radius 3 is 2.82 bits per heavy atom. The zero-order valence-corrected chi connectivity index (χ0v) is 10.3. The lowest BCUT2D eigenvalue weighted by atomic mass is 9.91. The van der Waals surface area contributed by atoms with Crippen molar-refractivity contribution in [2.75, 3.05) is 7.05 Å². The Kier molecular flexibility index (Phi) is 4.13. The van der Waals surface area contributed by atoms with Crippen molar-refractivity contribution in [2.24, 2.45) is 0 Å². The van der Waals surface area contributed by atoms with Gasteiger partial charge in [-0.05, 0) is 37.6 Å². The summed E-state index contributed by atoms with van der Waals surface area (Å²) in [4.78, 5) is 2.14. The Morgan fingerprint density at radius 1 is 1.35 bits per heavy atom. The van der Waals surface area contributed by atoms with Gasteiger partial charge in [0, 0.05) is 12.6 Å². The van der Waals surface area contributed by atoms with Crippen LogP contribution in [0.4, 0.5) is 4.39 Å². The van der Waals surface area contributed by atoms with Crippen LogP contribution in [0.2, 0.25) is 0 Å². The van der Waals surface area contributed by atoms with E-state index >= 15 is 0 Å². The first kappa shape index (κ1) is 12.5. The summed E-state index contributed by atoms with van der Waals surface area (Å²) in [7, 11) is 2.00. The molecule has 1 aliphatic rings. The fourth-order valence-electron chi connectivity index (χ4n) is 2.65. The maximum absolute atomic E-state index is 13.1. The van der Waals surface area contributed by atoms with Crippen LogP contribution in [0.5, 0.6) is 0 Å². The van der Waals surface area contributed by atoms with Gasteiger partial charge in [-0.3, -0.25) is 4.90 Å². The molecule has 0 aliphatic heterocycles. The van der Waals surface area contributed by atoms with Gasteiger partial charge in [0.15, 0.2) is 0 Å². The lowest BCUT2D eigenvalue weighted by Crippen LogP contribution is -2.42. The molecular formula is C14H20FNO. The van der Waals surface area contributed by atoms with Crippen molar-refractivity contribution >= 4 is 0 Å². The minimum Gasteiger partial charge on any atom is -0.391 e. The van der Waals surface area contributed by atoms with E-state index in [0.717, 1.165) is 24.8 Å². The highest BCUT2D eigenvalue weighted by Crippen LogP contribution is 2.23. The van der Waals surface area contributed by atoms with Crippen LogP contribution in [-0.4, -0.2) is 29.2 Å². The average Bonchev–Trinajstić information content (AvgIpc) is 2.29. The maximum Gasteiger partial charge on any atom is 0.123 e. The minimum absolute atomic E-state index is 0.194. The van der Waals surface area contributed by atoms with Crippen molar-refractivity contribution in [3.05, 3.63) is 35.6 Å². The predicted octanol–water partition coefficient (Wildman–Crippen LogP) is 2.56. The molecule has 0 heterocycles. The van der Waals surface area contributed by atoms with E-state index in [-0.39, 0.29) is 18.0 Å². The van der Waals surface area contributed by atoms with E-state index < -0.39 is 0 Å². The molecule has 1 aromatic carbocycles. The summed E-state index contributed by atoms with van der Waals surface area (Å²) in [6.45, 7) is 0.694. The number of nitrogens with zero attached hydrogens (tertiary/aromatic N) is 1. The van der Waals surface area contributed by atoms with Crippen molar-refractivity contribution in [1.82, 2.24) is 4.90 Å². The van der Waals surface area contributed by atoms with Gasteiger partial charge in [-0.25, -0.2) is 4.39 Å². The molecule has 17 heavy (non-hydrogen) atoms. The van der Waals surface area contributed by atoms with Crippen LogP contribution in [0, 0.1) is 5.82 Å². The average molecular weight is 237 g/mol. The number of aliphatic hydroxyl groups is 1.